The molecule has 0 saturated carbocycles. The molecule has 0 radical (unpaired) electrons. The first-order valence-corrected chi connectivity index (χ1v) is 15.9. The minimum Gasteiger partial charge on any atom is -0.424 e. The van der Waals surface area contributed by atoms with Gasteiger partial charge in [-0.25, -0.2) is 15.0 Å². The summed E-state index contributed by atoms with van der Waals surface area (Å²) >= 11 is 1.55. The molecule has 0 spiro atoms. The monoisotopic (exact) mass is 569 g/mol. The fraction of sp³-hybridized carbons (Fsp3) is 0.133. The van der Waals surface area contributed by atoms with Crippen molar-refractivity contribution in [2.24, 2.45) is 0 Å². The third kappa shape index (κ3) is 5.66. The molecule has 3 N–H and O–H groups in total. The Hall–Kier alpha value is -4.33. The van der Waals surface area contributed by atoms with Gasteiger partial charge >= 0.3 is 6.01 Å². The number of rotatable bonds is 8. The van der Waals surface area contributed by atoms with Gasteiger partial charge in [-0.1, -0.05) is 43.0 Å². The fourth-order valence-electron chi connectivity index (χ4n) is 4.28. The van der Waals surface area contributed by atoms with E-state index in [4.69, 9.17) is 10.5 Å². The van der Waals surface area contributed by atoms with Crippen molar-refractivity contribution in [1.82, 2.24) is 20.3 Å². The highest BCUT2D eigenvalue weighted by Crippen LogP contribution is 2.49. The Bertz CT molecular complexity index is 1780. The number of hydrogen-bond donors (Lipinski definition) is 2. The molecular weight excluding hydrogens is 541 g/mol. The van der Waals surface area contributed by atoms with E-state index in [1.807, 2.05) is 55.5 Å². The Kier molecular flexibility index (Phi) is 7.52. The molecule has 0 atom stereocenters. The smallest absolute Gasteiger partial charge is 0.322 e. The van der Waals surface area contributed by atoms with Crippen LogP contribution in [-0.2, 0) is 15.9 Å². The first kappa shape index (κ1) is 27.2. The molecule has 40 heavy (non-hydrogen) atoms. The predicted molar refractivity (Wildman–Crippen MR) is 163 cm³/mol. The second-order valence-corrected chi connectivity index (χ2v) is 13.8. The van der Waals surface area contributed by atoms with Crippen LogP contribution in [0.5, 0.6) is 11.8 Å². The van der Waals surface area contributed by atoms with E-state index >= 15 is 0 Å². The molecule has 5 aromatic rings. The van der Waals surface area contributed by atoms with Crippen LogP contribution in [0.25, 0.3) is 31.7 Å². The summed E-state index contributed by atoms with van der Waals surface area (Å²) < 4.78 is 19.9. The van der Waals surface area contributed by atoms with Gasteiger partial charge in [-0.15, -0.1) is 11.3 Å². The van der Waals surface area contributed by atoms with E-state index in [-0.39, 0.29) is 11.9 Å². The van der Waals surface area contributed by atoms with Gasteiger partial charge in [0.25, 0.3) is 0 Å². The van der Waals surface area contributed by atoms with Crippen molar-refractivity contribution in [3.8, 4) is 33.3 Å². The molecule has 8 nitrogen and oxygen atoms in total. The number of pyridine rings is 1. The molecule has 3 heterocycles. The van der Waals surface area contributed by atoms with Gasteiger partial charge in [-0.3, -0.25) is 4.79 Å². The highest BCUT2D eigenvalue weighted by atomic mass is 32.1. The van der Waals surface area contributed by atoms with E-state index in [1.165, 1.54) is 6.08 Å². The maximum atomic E-state index is 13.2. The van der Waals surface area contributed by atoms with Crippen LogP contribution in [0.15, 0.2) is 79.6 Å². The summed E-state index contributed by atoms with van der Waals surface area (Å²) in [6.45, 7) is 9.24. The first-order valence-electron chi connectivity index (χ1n) is 12.5. The zero-order valence-corrected chi connectivity index (χ0v) is 24.1. The van der Waals surface area contributed by atoms with E-state index in [0.29, 0.717) is 23.4 Å². The molecule has 0 fully saturated rings. The van der Waals surface area contributed by atoms with Crippen LogP contribution in [0.4, 0.5) is 5.82 Å². The van der Waals surface area contributed by atoms with Gasteiger partial charge in [0.05, 0.1) is 4.70 Å². The number of thiophene rings is 1. The molecule has 2 aromatic carbocycles. The second-order valence-electron chi connectivity index (χ2n) is 9.62. The molecular formula is C30H28N5O3PS. The number of fused-ring (bicyclic) bond motifs is 1. The fourth-order valence-corrected chi connectivity index (χ4v) is 7.26. The van der Waals surface area contributed by atoms with Gasteiger partial charge in [0.1, 0.15) is 18.7 Å². The Morgan fingerprint density at radius 3 is 2.42 bits per heavy atom. The van der Waals surface area contributed by atoms with Crippen molar-refractivity contribution in [3.05, 3.63) is 90.9 Å². The highest BCUT2D eigenvalue weighted by Gasteiger charge is 2.25. The number of aryl methyl sites for hydroxylation is 1. The largest absolute Gasteiger partial charge is 0.424 e. The van der Waals surface area contributed by atoms with Crippen LogP contribution in [-0.4, -0.2) is 34.2 Å². The standard InChI is InChI=1S/C30H28N5O3PS/c1-5-24(36)33-16-19-6-8-21(9-7-19)27-25(26-28(40-27)23(39(3,4)37)17-34-29(26)31)20-10-12-22(13-11-20)38-30-32-15-14-18(2)35-30/h5-15,17H,1,16H2,2-4H3,(H2,31,34)(H,33,36). The zero-order valence-electron chi connectivity index (χ0n) is 22.3. The van der Waals surface area contributed by atoms with Gasteiger partial charge in [-0.2, -0.15) is 0 Å². The topological polar surface area (TPSA) is 120 Å². The molecule has 1 amide bonds. The van der Waals surface area contributed by atoms with Gasteiger partial charge < -0.3 is 20.4 Å². The van der Waals surface area contributed by atoms with Crippen LogP contribution >= 0.6 is 18.5 Å². The number of anilines is 1. The van der Waals surface area contributed by atoms with Crippen molar-refractivity contribution in [2.45, 2.75) is 13.5 Å². The summed E-state index contributed by atoms with van der Waals surface area (Å²) in [5, 5.41) is 4.27. The van der Waals surface area contributed by atoms with Crippen molar-refractivity contribution in [1.29, 1.82) is 0 Å². The molecule has 0 aliphatic rings. The molecule has 10 heteroatoms. The summed E-state index contributed by atoms with van der Waals surface area (Å²) in [5.74, 6) is 0.748. The minimum atomic E-state index is -2.64. The van der Waals surface area contributed by atoms with Gasteiger partial charge in [0.2, 0.25) is 5.91 Å². The maximum absolute atomic E-state index is 13.2. The number of carbonyl (C=O) groups is 1. The molecule has 0 aliphatic carbocycles. The number of nitrogens with one attached hydrogen (secondary N) is 1. The number of ether oxygens (including phenoxy) is 1. The van der Waals surface area contributed by atoms with E-state index in [0.717, 1.165) is 42.9 Å². The van der Waals surface area contributed by atoms with Crippen LogP contribution in [0.2, 0.25) is 0 Å². The Labute approximate surface area is 236 Å². The predicted octanol–water partition coefficient (Wildman–Crippen LogP) is 6.15. The number of nitrogen functional groups attached to an aromatic ring is 1. The van der Waals surface area contributed by atoms with Crippen LogP contribution in [0, 0.1) is 6.92 Å². The molecule has 5 rings (SSSR count). The lowest BCUT2D eigenvalue weighted by Gasteiger charge is -2.11. The van der Waals surface area contributed by atoms with E-state index in [9.17, 15) is 9.36 Å². The Balaban J connectivity index is 1.61. The maximum Gasteiger partial charge on any atom is 0.322 e. The Morgan fingerprint density at radius 2 is 1.77 bits per heavy atom. The number of carbonyl (C=O) groups excluding carboxylic acids is 1. The lowest BCUT2D eigenvalue weighted by molar-refractivity contribution is -0.116. The summed E-state index contributed by atoms with van der Waals surface area (Å²) in [4.78, 5) is 25.5. The average molecular weight is 570 g/mol. The summed E-state index contributed by atoms with van der Waals surface area (Å²) in [5.41, 5.74) is 11.0. The molecule has 202 valence electrons. The minimum absolute atomic E-state index is 0.226. The quantitative estimate of drug-likeness (QED) is 0.170. The summed E-state index contributed by atoms with van der Waals surface area (Å²) in [7, 11) is -2.64. The normalized spacial score (nSPS) is 11.4. The van der Waals surface area contributed by atoms with E-state index < -0.39 is 7.14 Å². The number of nitrogens with two attached hydrogens (primary N) is 1. The Morgan fingerprint density at radius 1 is 1.07 bits per heavy atom. The van der Waals surface area contributed by atoms with E-state index in [1.54, 1.807) is 43.1 Å². The molecule has 0 bridgehead atoms. The first-order chi connectivity index (χ1) is 19.1. The van der Waals surface area contributed by atoms with Crippen LogP contribution in [0.3, 0.4) is 0 Å². The highest BCUT2D eigenvalue weighted by molar-refractivity contribution is 7.71. The second kappa shape index (κ2) is 11.0. The number of nitrogens with zero attached hydrogens (tertiary/aromatic N) is 3. The third-order valence-corrected chi connectivity index (χ3v) is 9.22. The van der Waals surface area contributed by atoms with Crippen molar-refractivity contribution >= 4 is 45.6 Å². The van der Waals surface area contributed by atoms with Gasteiger partial charge in [-0.05, 0) is 61.2 Å². The van der Waals surface area contributed by atoms with Crippen LogP contribution < -0.4 is 21.1 Å². The summed E-state index contributed by atoms with van der Waals surface area (Å²) in [6.07, 6.45) is 4.53. The number of benzene rings is 2. The molecule has 3 aromatic heterocycles. The number of hydrogen-bond acceptors (Lipinski definition) is 8. The number of amides is 1. The van der Waals surface area contributed by atoms with Crippen LogP contribution in [0.1, 0.15) is 11.3 Å². The van der Waals surface area contributed by atoms with Gasteiger partial charge in [0, 0.05) is 45.8 Å². The van der Waals surface area contributed by atoms with Crippen molar-refractivity contribution < 1.29 is 14.1 Å². The lowest BCUT2D eigenvalue weighted by atomic mass is 9.98. The molecule has 0 saturated heterocycles. The van der Waals surface area contributed by atoms with Crippen molar-refractivity contribution in [3.63, 3.8) is 0 Å². The van der Waals surface area contributed by atoms with Gasteiger partial charge in [0.15, 0.2) is 0 Å². The SMILES string of the molecule is C=CC(=O)NCc1ccc(-c2sc3c(P(C)(C)=O)cnc(N)c3c2-c2ccc(Oc3nccc(C)n3)cc2)cc1. The zero-order chi connectivity index (χ0) is 28.4. The lowest BCUT2D eigenvalue weighted by Crippen LogP contribution is -2.19. The summed E-state index contributed by atoms with van der Waals surface area (Å²) in [6, 6.07) is 17.7. The third-order valence-electron chi connectivity index (χ3n) is 6.30. The van der Waals surface area contributed by atoms with Crippen molar-refractivity contribution in [2.75, 3.05) is 19.1 Å². The number of aromatic nitrogens is 3. The average Bonchev–Trinajstić information content (AvgIpc) is 3.33. The molecule has 0 aliphatic heterocycles. The molecule has 0 unspecified atom stereocenters. The van der Waals surface area contributed by atoms with E-state index in [2.05, 4.69) is 26.8 Å².